The van der Waals surface area contributed by atoms with E-state index in [1.165, 1.54) is 9.93 Å². The smallest absolute Gasteiger partial charge is 0.262 e. The highest BCUT2D eigenvalue weighted by molar-refractivity contribution is 7.84. The Kier molecular flexibility index (Phi) is 4.96. The summed E-state index contributed by atoms with van der Waals surface area (Å²) >= 11 is 4.99. The maximum absolute atomic E-state index is 12.9. The van der Waals surface area contributed by atoms with Crippen molar-refractivity contribution in [1.29, 1.82) is 0 Å². The van der Waals surface area contributed by atoms with Gasteiger partial charge in [0.2, 0.25) is 0 Å². The van der Waals surface area contributed by atoms with Gasteiger partial charge in [0.05, 0.1) is 11.3 Å². The van der Waals surface area contributed by atoms with Crippen LogP contribution in [-0.2, 0) is 17.8 Å². The van der Waals surface area contributed by atoms with Gasteiger partial charge in [-0.1, -0.05) is 24.4 Å². The van der Waals surface area contributed by atoms with Gasteiger partial charge in [-0.3, -0.25) is 18.6 Å². The molecular weight excluding hydrogens is 354 g/mol. The van der Waals surface area contributed by atoms with Crippen molar-refractivity contribution < 1.29 is 4.21 Å². The molecule has 3 rings (SSSR count). The molecule has 0 amide bonds. The first-order valence-electron chi connectivity index (χ1n) is 7.43. The van der Waals surface area contributed by atoms with E-state index in [1.54, 1.807) is 62.1 Å². The van der Waals surface area contributed by atoms with Gasteiger partial charge in [0, 0.05) is 52.3 Å². The predicted octanol–water partition coefficient (Wildman–Crippen LogP) is 2.59. The van der Waals surface area contributed by atoms with E-state index < -0.39 is 10.8 Å². The lowest BCUT2D eigenvalue weighted by molar-refractivity contribution is 0.687. The molecule has 0 N–H and O–H groups in total. The summed E-state index contributed by atoms with van der Waals surface area (Å²) in [5.41, 5.74) is 2.33. The molecule has 0 aliphatic carbocycles. The lowest BCUT2D eigenvalue weighted by Gasteiger charge is -2.13. The molecule has 0 bridgehead atoms. The van der Waals surface area contributed by atoms with E-state index >= 15 is 0 Å². The number of hydrogen-bond donors (Lipinski definition) is 0. The maximum Gasteiger partial charge on any atom is 0.262 e. The fourth-order valence-corrected chi connectivity index (χ4v) is 3.25. The van der Waals surface area contributed by atoms with Crippen molar-refractivity contribution in [2.24, 2.45) is 7.05 Å². The minimum absolute atomic E-state index is 0.191. The fraction of sp³-hybridized carbons (Fsp3) is 0.111. The fourth-order valence-electron chi connectivity index (χ4n) is 2.52. The van der Waals surface area contributed by atoms with Gasteiger partial charge in [-0.15, -0.1) is 0 Å². The van der Waals surface area contributed by atoms with E-state index in [4.69, 9.17) is 12.2 Å². The highest BCUT2D eigenvalue weighted by Crippen LogP contribution is 2.28. The van der Waals surface area contributed by atoms with E-state index in [0.717, 1.165) is 5.56 Å². The predicted molar refractivity (Wildman–Crippen MR) is 103 cm³/mol. The van der Waals surface area contributed by atoms with Crippen LogP contribution in [0.15, 0.2) is 58.5 Å². The molecule has 2 heterocycles. The summed E-state index contributed by atoms with van der Waals surface area (Å²) in [7, 11) is 0.566. The van der Waals surface area contributed by atoms with Crippen LogP contribution in [0.2, 0.25) is 0 Å². The summed E-state index contributed by atoms with van der Waals surface area (Å²) in [5.74, 6) is 0.418. The van der Waals surface area contributed by atoms with Crippen LogP contribution in [0.3, 0.4) is 0 Å². The van der Waals surface area contributed by atoms with Gasteiger partial charge in [-0.25, -0.2) is 4.98 Å². The largest absolute Gasteiger partial charge is 0.295 e. The molecule has 0 radical (unpaired) electrons. The van der Waals surface area contributed by atoms with Crippen LogP contribution in [0.5, 0.6) is 0 Å². The van der Waals surface area contributed by atoms with Crippen molar-refractivity contribution in [3.63, 3.8) is 0 Å². The Morgan fingerprint density at radius 3 is 2.28 bits per heavy atom. The first-order valence-corrected chi connectivity index (χ1v) is 9.46. The second-order valence-corrected chi connectivity index (χ2v) is 7.01. The van der Waals surface area contributed by atoms with E-state index in [1.807, 2.05) is 0 Å². The molecule has 3 aromatic rings. The number of rotatable bonds is 4. The van der Waals surface area contributed by atoms with Gasteiger partial charge in [-0.05, 0) is 29.8 Å². The molecule has 1 aromatic carbocycles. The summed E-state index contributed by atoms with van der Waals surface area (Å²) < 4.78 is 13.0. The van der Waals surface area contributed by atoms with Crippen molar-refractivity contribution in [3.8, 4) is 22.4 Å². The van der Waals surface area contributed by atoms with Gasteiger partial charge in [0.15, 0.2) is 0 Å². The molecule has 1 atom stereocenters. The summed E-state index contributed by atoms with van der Waals surface area (Å²) in [6.07, 6.45) is 4.92. The highest BCUT2D eigenvalue weighted by atomic mass is 32.2. The monoisotopic (exact) mass is 369 g/mol. The third-order valence-electron chi connectivity index (χ3n) is 3.86. The molecule has 126 valence electrons. The van der Waals surface area contributed by atoms with E-state index in [-0.39, 0.29) is 5.56 Å². The van der Waals surface area contributed by atoms with E-state index in [2.05, 4.69) is 9.97 Å². The van der Waals surface area contributed by atoms with Gasteiger partial charge in [-0.2, -0.15) is 0 Å². The van der Waals surface area contributed by atoms with Gasteiger partial charge in [0.25, 0.3) is 5.56 Å². The molecule has 2 aromatic heterocycles. The Morgan fingerprint density at radius 1 is 1.08 bits per heavy atom. The SMILES string of the molecule is Cn1c(C=S)nc(-c2ccncc2)c(-c2ccc(S(C)=O)cc2)c1=O. The van der Waals surface area contributed by atoms with Gasteiger partial charge >= 0.3 is 0 Å². The molecule has 0 aliphatic rings. The number of benzene rings is 1. The normalized spacial score (nSPS) is 11.9. The number of aromatic nitrogens is 3. The van der Waals surface area contributed by atoms with Crippen LogP contribution in [0.1, 0.15) is 5.82 Å². The molecule has 7 heteroatoms. The van der Waals surface area contributed by atoms with Crippen LogP contribution in [0, 0.1) is 0 Å². The number of hydrogen-bond acceptors (Lipinski definition) is 5. The van der Waals surface area contributed by atoms with E-state index in [0.29, 0.717) is 27.5 Å². The van der Waals surface area contributed by atoms with Crippen LogP contribution in [-0.4, -0.2) is 30.4 Å². The van der Waals surface area contributed by atoms with Crippen molar-refractivity contribution in [3.05, 3.63) is 65.0 Å². The maximum atomic E-state index is 12.9. The molecule has 1 unspecified atom stereocenters. The summed E-state index contributed by atoms with van der Waals surface area (Å²) in [6.45, 7) is 0. The average Bonchev–Trinajstić information content (AvgIpc) is 2.64. The van der Waals surface area contributed by atoms with Crippen molar-refractivity contribution in [2.75, 3.05) is 6.26 Å². The number of thiocarbonyl (C=S) groups is 1. The molecule has 0 saturated carbocycles. The quantitative estimate of drug-likeness (QED) is 0.662. The first-order chi connectivity index (χ1) is 12.0. The highest BCUT2D eigenvalue weighted by Gasteiger charge is 2.17. The van der Waals surface area contributed by atoms with Crippen molar-refractivity contribution in [2.45, 2.75) is 4.90 Å². The number of nitrogens with zero attached hydrogens (tertiary/aromatic N) is 3. The lowest BCUT2D eigenvalue weighted by Crippen LogP contribution is -2.24. The third-order valence-corrected chi connectivity index (χ3v) is 5.01. The average molecular weight is 369 g/mol. The summed E-state index contributed by atoms with van der Waals surface area (Å²) in [6, 6.07) is 10.7. The molecular formula is C18H15N3O2S2. The minimum atomic E-state index is -1.08. The van der Waals surface area contributed by atoms with Crippen LogP contribution in [0.25, 0.3) is 22.4 Å². The molecule has 5 nitrogen and oxygen atoms in total. The third kappa shape index (κ3) is 3.33. The minimum Gasteiger partial charge on any atom is -0.295 e. The topological polar surface area (TPSA) is 64.8 Å². The van der Waals surface area contributed by atoms with Crippen LogP contribution < -0.4 is 5.56 Å². The van der Waals surface area contributed by atoms with Gasteiger partial charge in [0.1, 0.15) is 5.82 Å². The Morgan fingerprint density at radius 2 is 1.72 bits per heavy atom. The van der Waals surface area contributed by atoms with Gasteiger partial charge < -0.3 is 0 Å². The second kappa shape index (κ2) is 7.16. The zero-order valence-electron chi connectivity index (χ0n) is 13.7. The Balaban J connectivity index is 2.31. The number of pyridine rings is 1. The Bertz CT molecular complexity index is 1010. The van der Waals surface area contributed by atoms with Crippen molar-refractivity contribution in [1.82, 2.24) is 14.5 Å². The molecule has 0 saturated heterocycles. The Labute approximate surface area is 152 Å². The lowest BCUT2D eigenvalue weighted by atomic mass is 10.0. The zero-order valence-corrected chi connectivity index (χ0v) is 15.3. The zero-order chi connectivity index (χ0) is 18.0. The summed E-state index contributed by atoms with van der Waals surface area (Å²) in [5, 5.41) is 1.39. The molecule has 0 aliphatic heterocycles. The molecule has 25 heavy (non-hydrogen) atoms. The summed E-state index contributed by atoms with van der Waals surface area (Å²) in [4.78, 5) is 22.2. The van der Waals surface area contributed by atoms with Crippen LogP contribution in [0.4, 0.5) is 0 Å². The molecule has 0 spiro atoms. The van der Waals surface area contributed by atoms with Crippen LogP contribution >= 0.6 is 12.2 Å². The van der Waals surface area contributed by atoms with Crippen molar-refractivity contribution >= 4 is 28.4 Å². The first kappa shape index (κ1) is 17.3. The second-order valence-electron chi connectivity index (χ2n) is 5.39. The Hall–Kier alpha value is -2.51. The van der Waals surface area contributed by atoms with E-state index in [9.17, 15) is 9.00 Å². The standard InChI is InChI=1S/C18H15N3O2S2/c1-21-15(11-24)20-17(13-7-9-19-10-8-13)16(18(21)22)12-3-5-14(6-4-12)25(2)23/h3-11H,1-2H3. The molecule has 0 fully saturated rings.